The van der Waals surface area contributed by atoms with Gasteiger partial charge in [-0.2, -0.15) is 0 Å². The van der Waals surface area contributed by atoms with Gasteiger partial charge in [-0.3, -0.25) is 0 Å². The number of methoxy groups -OCH3 is 1. The van der Waals surface area contributed by atoms with Gasteiger partial charge in [0.05, 0.1) is 20.3 Å². The number of rotatable bonds is 10. The zero-order valence-corrected chi connectivity index (χ0v) is 16.1. The van der Waals surface area contributed by atoms with Crippen LogP contribution in [0.15, 0.2) is 34.9 Å². The Bertz CT molecular complexity index is 745. The van der Waals surface area contributed by atoms with Crippen molar-refractivity contribution in [2.24, 2.45) is 0 Å². The molecule has 6 heteroatoms. The van der Waals surface area contributed by atoms with Crippen LogP contribution < -0.4 is 4.74 Å². The van der Waals surface area contributed by atoms with Crippen LogP contribution in [0.4, 0.5) is 0 Å². The summed E-state index contributed by atoms with van der Waals surface area (Å²) < 4.78 is 21.3. The lowest BCUT2D eigenvalue weighted by atomic mass is 10.1. The Kier molecular flexibility index (Phi) is 7.92. The van der Waals surface area contributed by atoms with Gasteiger partial charge in [-0.15, -0.1) is 0 Å². The van der Waals surface area contributed by atoms with Gasteiger partial charge in [0.2, 0.25) is 0 Å². The van der Waals surface area contributed by atoms with Crippen molar-refractivity contribution in [1.82, 2.24) is 0 Å². The highest BCUT2D eigenvalue weighted by Gasteiger charge is 2.28. The number of furan rings is 1. The SMILES string of the molecule is CCCCOC(=O)c1coc(-c2ccc(OC)cc2)c1C(=O)OCCCC. The second-order valence-corrected chi connectivity index (χ2v) is 6.06. The summed E-state index contributed by atoms with van der Waals surface area (Å²) in [6.45, 7) is 4.59. The first-order valence-corrected chi connectivity index (χ1v) is 9.22. The molecule has 0 aliphatic rings. The molecule has 2 rings (SSSR count). The molecule has 0 saturated carbocycles. The van der Waals surface area contributed by atoms with Crippen molar-refractivity contribution in [3.8, 4) is 17.1 Å². The Labute approximate surface area is 159 Å². The number of unbranched alkanes of at least 4 members (excludes halogenated alkanes) is 2. The van der Waals surface area contributed by atoms with E-state index in [0.29, 0.717) is 17.9 Å². The third-order valence-corrected chi connectivity index (χ3v) is 4.03. The van der Waals surface area contributed by atoms with Crippen molar-refractivity contribution in [2.75, 3.05) is 20.3 Å². The summed E-state index contributed by atoms with van der Waals surface area (Å²) in [4.78, 5) is 25.0. The zero-order valence-electron chi connectivity index (χ0n) is 16.1. The summed E-state index contributed by atoms with van der Waals surface area (Å²) in [7, 11) is 1.57. The van der Waals surface area contributed by atoms with Gasteiger partial charge in [-0.1, -0.05) is 26.7 Å². The number of hydrogen-bond donors (Lipinski definition) is 0. The highest BCUT2D eigenvalue weighted by atomic mass is 16.5. The van der Waals surface area contributed by atoms with E-state index < -0.39 is 11.9 Å². The highest BCUT2D eigenvalue weighted by molar-refractivity contribution is 6.07. The number of hydrogen-bond acceptors (Lipinski definition) is 6. The minimum atomic E-state index is -0.592. The van der Waals surface area contributed by atoms with E-state index in [0.717, 1.165) is 25.7 Å². The number of carbonyl (C=O) groups is 2. The van der Waals surface area contributed by atoms with Gasteiger partial charge in [-0.25, -0.2) is 9.59 Å². The normalized spacial score (nSPS) is 10.5. The molecule has 2 aromatic rings. The van der Waals surface area contributed by atoms with Crippen molar-refractivity contribution in [3.05, 3.63) is 41.7 Å². The van der Waals surface area contributed by atoms with E-state index in [1.807, 2.05) is 13.8 Å². The van der Waals surface area contributed by atoms with Crippen molar-refractivity contribution in [1.29, 1.82) is 0 Å². The Balaban J connectivity index is 2.34. The fraction of sp³-hybridized carbons (Fsp3) is 0.429. The first-order valence-electron chi connectivity index (χ1n) is 9.22. The summed E-state index contributed by atoms with van der Waals surface area (Å²) in [5, 5.41) is 0. The highest BCUT2D eigenvalue weighted by Crippen LogP contribution is 2.31. The Morgan fingerprint density at radius 2 is 1.52 bits per heavy atom. The van der Waals surface area contributed by atoms with Gasteiger partial charge < -0.3 is 18.6 Å². The molecule has 0 aliphatic heterocycles. The number of benzene rings is 1. The van der Waals surface area contributed by atoms with Gasteiger partial charge in [0, 0.05) is 5.56 Å². The number of ether oxygens (including phenoxy) is 3. The van der Waals surface area contributed by atoms with Crippen LogP contribution in [0.5, 0.6) is 5.75 Å². The second-order valence-electron chi connectivity index (χ2n) is 6.06. The molecule has 0 atom stereocenters. The maximum atomic E-state index is 12.6. The molecular weight excluding hydrogens is 348 g/mol. The quantitative estimate of drug-likeness (QED) is 0.436. The summed E-state index contributed by atoms with van der Waals surface area (Å²) in [5.41, 5.74) is 0.821. The van der Waals surface area contributed by atoms with E-state index in [2.05, 4.69) is 0 Å². The largest absolute Gasteiger partial charge is 0.497 e. The van der Waals surface area contributed by atoms with E-state index in [-0.39, 0.29) is 23.5 Å². The summed E-state index contributed by atoms with van der Waals surface area (Å²) >= 11 is 0. The standard InChI is InChI=1S/C21H26O6/c1-4-6-12-25-20(22)17-14-27-19(15-8-10-16(24-3)11-9-15)18(17)21(23)26-13-7-5-2/h8-11,14H,4-7,12-13H2,1-3H3. The van der Waals surface area contributed by atoms with Crippen molar-refractivity contribution >= 4 is 11.9 Å². The van der Waals surface area contributed by atoms with E-state index in [4.69, 9.17) is 18.6 Å². The first kappa shape index (κ1) is 20.6. The monoisotopic (exact) mass is 374 g/mol. The molecule has 0 fully saturated rings. The van der Waals surface area contributed by atoms with Crippen molar-refractivity contribution in [3.63, 3.8) is 0 Å². The zero-order chi connectivity index (χ0) is 19.6. The van der Waals surface area contributed by atoms with Crippen LogP contribution in [0, 0.1) is 0 Å². The minimum absolute atomic E-state index is 0.0819. The summed E-state index contributed by atoms with van der Waals surface area (Å²) in [5.74, 6) is -0.224. The smallest absolute Gasteiger partial charge is 0.342 e. The predicted molar refractivity (Wildman–Crippen MR) is 101 cm³/mol. The summed E-state index contributed by atoms with van der Waals surface area (Å²) in [6.07, 6.45) is 4.56. The number of carbonyl (C=O) groups excluding carboxylic acids is 2. The molecule has 146 valence electrons. The summed E-state index contributed by atoms with van der Waals surface area (Å²) in [6, 6.07) is 7.02. The molecule has 0 spiro atoms. The average molecular weight is 374 g/mol. The molecule has 1 aromatic heterocycles. The Morgan fingerprint density at radius 1 is 0.926 bits per heavy atom. The van der Waals surface area contributed by atoms with Crippen LogP contribution in [0.2, 0.25) is 0 Å². The van der Waals surface area contributed by atoms with Crippen LogP contribution in [0.3, 0.4) is 0 Å². The van der Waals surface area contributed by atoms with Crippen LogP contribution >= 0.6 is 0 Å². The molecule has 0 N–H and O–H groups in total. The van der Waals surface area contributed by atoms with Gasteiger partial charge >= 0.3 is 11.9 Å². The molecular formula is C21H26O6. The second kappa shape index (κ2) is 10.4. The van der Waals surface area contributed by atoms with E-state index >= 15 is 0 Å². The van der Waals surface area contributed by atoms with Gasteiger partial charge in [-0.05, 0) is 37.1 Å². The number of esters is 2. The van der Waals surface area contributed by atoms with E-state index in [1.54, 1.807) is 31.4 Å². The third kappa shape index (κ3) is 5.36. The Hall–Kier alpha value is -2.76. The van der Waals surface area contributed by atoms with Crippen LogP contribution in [0.1, 0.15) is 60.2 Å². The molecule has 1 aromatic carbocycles. The maximum absolute atomic E-state index is 12.6. The lowest BCUT2D eigenvalue weighted by Gasteiger charge is -2.08. The molecule has 0 bridgehead atoms. The first-order chi connectivity index (χ1) is 13.1. The molecule has 0 radical (unpaired) electrons. The minimum Gasteiger partial charge on any atom is -0.497 e. The van der Waals surface area contributed by atoms with Crippen LogP contribution in [0.25, 0.3) is 11.3 Å². The molecule has 6 nitrogen and oxygen atoms in total. The van der Waals surface area contributed by atoms with Crippen molar-refractivity contribution in [2.45, 2.75) is 39.5 Å². The van der Waals surface area contributed by atoms with Gasteiger partial charge in [0.1, 0.15) is 28.9 Å². The third-order valence-electron chi connectivity index (χ3n) is 4.03. The topological polar surface area (TPSA) is 75.0 Å². The van der Waals surface area contributed by atoms with E-state index in [9.17, 15) is 9.59 Å². The lowest BCUT2D eigenvalue weighted by molar-refractivity contribution is 0.0454. The molecule has 0 aliphatic carbocycles. The fourth-order valence-electron chi connectivity index (χ4n) is 2.43. The fourth-order valence-corrected chi connectivity index (χ4v) is 2.43. The van der Waals surface area contributed by atoms with Gasteiger partial charge in [0.25, 0.3) is 0 Å². The van der Waals surface area contributed by atoms with Crippen molar-refractivity contribution < 1.29 is 28.2 Å². The molecule has 0 amide bonds. The van der Waals surface area contributed by atoms with Crippen LogP contribution in [-0.2, 0) is 9.47 Å². The van der Waals surface area contributed by atoms with E-state index in [1.165, 1.54) is 6.26 Å². The molecule has 0 saturated heterocycles. The maximum Gasteiger partial charge on any atom is 0.342 e. The Morgan fingerprint density at radius 3 is 2.07 bits per heavy atom. The molecule has 1 heterocycles. The molecule has 27 heavy (non-hydrogen) atoms. The average Bonchev–Trinajstić information content (AvgIpc) is 3.13. The van der Waals surface area contributed by atoms with Gasteiger partial charge in [0.15, 0.2) is 0 Å². The lowest BCUT2D eigenvalue weighted by Crippen LogP contribution is -2.14. The molecule has 0 unspecified atom stereocenters. The van der Waals surface area contributed by atoms with Crippen LogP contribution in [-0.4, -0.2) is 32.3 Å². The predicted octanol–water partition coefficient (Wildman–Crippen LogP) is 4.87.